The number of hydrogen-bond acceptors (Lipinski definition) is 4. The van der Waals surface area contributed by atoms with E-state index in [1.54, 1.807) is 0 Å². The molecule has 0 atom stereocenters. The Labute approximate surface area is 171 Å². The lowest BCUT2D eigenvalue weighted by molar-refractivity contribution is 0.0535. The van der Waals surface area contributed by atoms with Gasteiger partial charge in [0.25, 0.3) is 0 Å². The summed E-state index contributed by atoms with van der Waals surface area (Å²) < 4.78 is 11.5. The first-order valence-corrected chi connectivity index (χ1v) is 12.8. The number of nitrogen functional groups attached to an aromatic ring is 1. The first-order chi connectivity index (χ1) is 12.7. The first kappa shape index (κ1) is 24.1. The van der Waals surface area contributed by atoms with Crippen molar-refractivity contribution in [1.29, 1.82) is 0 Å². The van der Waals surface area contributed by atoms with Crippen LogP contribution in [0, 0.1) is 17.3 Å². The van der Waals surface area contributed by atoms with E-state index in [0.29, 0.717) is 12.3 Å². The van der Waals surface area contributed by atoms with Gasteiger partial charge >= 0.3 is 6.09 Å². The average molecular weight is 405 g/mol. The minimum Gasteiger partial charge on any atom is -0.444 e. The molecular weight excluding hydrogens is 368 g/mol. The number of amides is 1. The lowest BCUT2D eigenvalue weighted by atomic mass is 10.0. The van der Waals surface area contributed by atoms with Crippen LogP contribution in [-0.2, 0) is 15.8 Å². The molecule has 0 aliphatic heterocycles. The zero-order valence-electron chi connectivity index (χ0n) is 18.7. The van der Waals surface area contributed by atoms with Gasteiger partial charge in [0, 0.05) is 11.3 Å². The largest absolute Gasteiger partial charge is 0.444 e. The summed E-state index contributed by atoms with van der Waals surface area (Å²) in [7, 11) is -1.80. The number of benzene rings is 1. The van der Waals surface area contributed by atoms with E-state index in [2.05, 4.69) is 51.0 Å². The number of anilines is 1. The lowest BCUT2D eigenvalue weighted by Gasteiger charge is -2.30. The van der Waals surface area contributed by atoms with Crippen LogP contribution in [0.2, 0.25) is 19.1 Å². The molecule has 0 saturated heterocycles. The first-order valence-electron chi connectivity index (χ1n) is 9.65. The van der Waals surface area contributed by atoms with Gasteiger partial charge in [-0.25, -0.2) is 4.79 Å². The van der Waals surface area contributed by atoms with Crippen LogP contribution in [0.4, 0.5) is 10.5 Å². The van der Waals surface area contributed by atoms with Crippen LogP contribution in [0.5, 0.6) is 0 Å². The number of carbonyl (C=O) groups is 1. The molecule has 0 unspecified atom stereocenters. The third-order valence-corrected chi connectivity index (χ3v) is 6.48. The number of nitrogens with one attached hydrogen (secondary N) is 1. The van der Waals surface area contributed by atoms with E-state index in [-0.39, 0.29) is 12.0 Å². The smallest absolute Gasteiger partial charge is 0.408 e. The van der Waals surface area contributed by atoms with Crippen molar-refractivity contribution < 1.29 is 14.0 Å². The van der Waals surface area contributed by atoms with Crippen LogP contribution in [0.15, 0.2) is 18.2 Å². The molecule has 0 fully saturated rings. The summed E-state index contributed by atoms with van der Waals surface area (Å²) in [5, 5.41) is 2.64. The number of hydrogen-bond donors (Lipinski definition) is 2. The van der Waals surface area contributed by atoms with Crippen molar-refractivity contribution in [3.8, 4) is 11.8 Å². The summed E-state index contributed by atoms with van der Waals surface area (Å²) in [6.45, 7) is 17.4. The summed E-state index contributed by atoms with van der Waals surface area (Å²) >= 11 is 0. The van der Waals surface area contributed by atoms with Gasteiger partial charge in [0.2, 0.25) is 0 Å². The Balaban J connectivity index is 2.76. The van der Waals surface area contributed by atoms with E-state index in [1.807, 2.05) is 39.0 Å². The molecule has 28 heavy (non-hydrogen) atoms. The van der Waals surface area contributed by atoms with Gasteiger partial charge in [0.15, 0.2) is 8.32 Å². The topological polar surface area (TPSA) is 73.6 Å². The van der Waals surface area contributed by atoms with Crippen molar-refractivity contribution in [3.63, 3.8) is 0 Å². The Morgan fingerprint density at radius 2 is 1.82 bits per heavy atom. The molecule has 0 aromatic heterocycles. The highest BCUT2D eigenvalue weighted by atomic mass is 28.4. The average Bonchev–Trinajstić information content (AvgIpc) is 2.47. The minimum atomic E-state index is -1.80. The third-order valence-electron chi connectivity index (χ3n) is 3.65. The second kappa shape index (κ2) is 9.49. The molecule has 0 aliphatic carbocycles. The fraction of sp³-hybridized carbons (Fsp3) is 0.591. The maximum Gasteiger partial charge on any atom is 0.408 e. The normalized spacial score (nSPS) is 12.1. The zero-order chi connectivity index (χ0) is 21.6. The molecule has 0 aliphatic rings. The van der Waals surface area contributed by atoms with Gasteiger partial charge in [0.05, 0.1) is 13.2 Å². The summed E-state index contributed by atoms with van der Waals surface area (Å²) in [5.74, 6) is 6.07. The van der Waals surface area contributed by atoms with Gasteiger partial charge < -0.3 is 20.2 Å². The van der Waals surface area contributed by atoms with Crippen LogP contribution in [0.25, 0.3) is 0 Å². The molecule has 3 N–H and O–H groups in total. The zero-order valence-corrected chi connectivity index (χ0v) is 19.7. The Bertz CT molecular complexity index is 735. The second-order valence-corrected chi connectivity index (χ2v) is 14.0. The second-order valence-electron chi connectivity index (χ2n) is 9.86. The summed E-state index contributed by atoms with van der Waals surface area (Å²) in [5.41, 5.74) is 8.19. The van der Waals surface area contributed by atoms with Gasteiger partial charge in [0.1, 0.15) is 5.60 Å². The molecular formula is C22H36N2O3Si. The molecule has 0 bridgehead atoms. The van der Waals surface area contributed by atoms with Gasteiger partial charge in [-0.2, -0.15) is 0 Å². The molecule has 1 aromatic rings. The van der Waals surface area contributed by atoms with Gasteiger partial charge in [-0.15, -0.1) is 0 Å². The van der Waals surface area contributed by atoms with Crippen LogP contribution >= 0.6 is 0 Å². The van der Waals surface area contributed by atoms with Crippen LogP contribution < -0.4 is 11.1 Å². The maximum atomic E-state index is 11.7. The highest BCUT2D eigenvalue weighted by molar-refractivity contribution is 6.71. The van der Waals surface area contributed by atoms with Crippen molar-refractivity contribution in [1.82, 2.24) is 5.32 Å². The Kier molecular flexibility index (Phi) is 8.15. The molecule has 156 valence electrons. The molecule has 1 amide bonds. The molecule has 0 spiro atoms. The Morgan fingerprint density at radius 3 is 2.39 bits per heavy atom. The van der Waals surface area contributed by atoms with Crippen LogP contribution in [-0.4, -0.2) is 26.6 Å². The van der Waals surface area contributed by atoms with E-state index in [0.717, 1.165) is 17.2 Å². The van der Waals surface area contributed by atoms with Gasteiger partial charge in [-0.1, -0.05) is 32.6 Å². The minimum absolute atomic E-state index is 0.212. The monoisotopic (exact) mass is 404 g/mol. The van der Waals surface area contributed by atoms with Gasteiger partial charge in [-0.3, -0.25) is 0 Å². The van der Waals surface area contributed by atoms with E-state index in [4.69, 9.17) is 14.9 Å². The van der Waals surface area contributed by atoms with Crippen molar-refractivity contribution in [2.45, 2.75) is 72.9 Å². The van der Waals surface area contributed by atoms with E-state index in [1.165, 1.54) is 0 Å². The van der Waals surface area contributed by atoms with Crippen molar-refractivity contribution in [2.24, 2.45) is 5.41 Å². The van der Waals surface area contributed by atoms with Crippen molar-refractivity contribution in [3.05, 3.63) is 29.3 Å². The van der Waals surface area contributed by atoms with E-state index in [9.17, 15) is 4.79 Å². The van der Waals surface area contributed by atoms with Crippen molar-refractivity contribution in [2.75, 3.05) is 12.3 Å². The Morgan fingerprint density at radius 1 is 1.18 bits per heavy atom. The predicted molar refractivity (Wildman–Crippen MR) is 119 cm³/mol. The molecule has 0 radical (unpaired) electrons. The van der Waals surface area contributed by atoms with Crippen molar-refractivity contribution >= 4 is 20.1 Å². The number of alkyl carbamates (subject to hydrolysis) is 1. The highest BCUT2D eigenvalue weighted by Crippen LogP contribution is 2.29. The van der Waals surface area contributed by atoms with Gasteiger partial charge in [-0.05, 0) is 69.1 Å². The summed E-state index contributed by atoms with van der Waals surface area (Å²) in [6.07, 6.45) is -0.474. The highest BCUT2D eigenvalue weighted by Gasteiger charge is 2.29. The SMILES string of the molecule is CC(C)(C)C[Si](C)(C)OCc1cc(N)ccc1C#CCNC(=O)OC(C)(C)C. The molecule has 0 heterocycles. The summed E-state index contributed by atoms with van der Waals surface area (Å²) in [6, 6.07) is 6.70. The van der Waals surface area contributed by atoms with Crippen LogP contribution in [0.3, 0.4) is 0 Å². The molecule has 5 nitrogen and oxygen atoms in total. The maximum absolute atomic E-state index is 11.7. The quantitative estimate of drug-likeness (QED) is 0.415. The summed E-state index contributed by atoms with van der Waals surface area (Å²) in [4.78, 5) is 11.7. The third kappa shape index (κ3) is 10.4. The molecule has 6 heteroatoms. The fourth-order valence-corrected chi connectivity index (χ4v) is 6.23. The lowest BCUT2D eigenvalue weighted by Crippen LogP contribution is -2.34. The van der Waals surface area contributed by atoms with Crippen LogP contribution in [0.1, 0.15) is 52.7 Å². The van der Waals surface area contributed by atoms with E-state index >= 15 is 0 Å². The molecule has 1 aromatic carbocycles. The molecule has 0 saturated carbocycles. The van der Waals surface area contributed by atoms with E-state index < -0.39 is 20.0 Å². The number of rotatable bonds is 5. The number of carbonyl (C=O) groups excluding carboxylic acids is 1. The number of nitrogens with two attached hydrogens (primary N) is 1. The Hall–Kier alpha value is -1.97. The predicted octanol–water partition coefficient (Wildman–Crippen LogP) is 4.91. The fourth-order valence-electron chi connectivity index (χ4n) is 3.03. The number of ether oxygens (including phenoxy) is 1. The molecule has 1 rings (SSSR count). The standard InChI is InChI=1S/C22H36N2O3Si/c1-21(2,3)16-28(7,8)26-15-18-14-19(23)12-11-17(18)10-9-13-24-20(25)27-22(4,5)6/h11-12,14H,13,15-16,23H2,1-8H3,(H,24,25).